The fraction of sp³-hybridized carbons (Fsp3) is 0.136. The van der Waals surface area contributed by atoms with Crippen LogP contribution < -0.4 is 5.32 Å². The van der Waals surface area contributed by atoms with Gasteiger partial charge in [0.25, 0.3) is 5.91 Å². The molecule has 4 aromatic rings. The molecule has 0 saturated carbocycles. The second kappa shape index (κ2) is 7.75. The first-order valence-corrected chi connectivity index (χ1v) is 9.30. The summed E-state index contributed by atoms with van der Waals surface area (Å²) in [5, 5.41) is 6.31. The number of halogens is 3. The number of nitrogens with one attached hydrogen (secondary N) is 1. The van der Waals surface area contributed by atoms with E-state index in [0.717, 1.165) is 27.8 Å². The molecule has 9 heteroatoms. The quantitative estimate of drug-likeness (QED) is 0.473. The van der Waals surface area contributed by atoms with Crippen molar-refractivity contribution in [1.82, 2.24) is 14.8 Å². The number of aryl methyl sites for hydroxylation is 2. The zero-order valence-corrected chi connectivity index (χ0v) is 16.6. The zero-order valence-electron chi connectivity index (χ0n) is 16.6. The molecular weight excluding hydrogens is 409 g/mol. The molecule has 0 aliphatic heterocycles. The Bertz CT molecular complexity index is 1220. The lowest BCUT2D eigenvalue weighted by molar-refractivity contribution is -0.141. The summed E-state index contributed by atoms with van der Waals surface area (Å²) in [7, 11) is 0. The van der Waals surface area contributed by atoms with Gasteiger partial charge in [-0.3, -0.25) is 4.79 Å². The lowest BCUT2D eigenvalue weighted by atomic mass is 10.1. The molecule has 0 atom stereocenters. The summed E-state index contributed by atoms with van der Waals surface area (Å²) in [5.74, 6) is 0.830. The Morgan fingerprint density at radius 1 is 1.06 bits per heavy atom. The Morgan fingerprint density at radius 3 is 2.42 bits per heavy atom. The smallest absolute Gasteiger partial charge is 0.435 e. The van der Waals surface area contributed by atoms with Crippen LogP contribution in [-0.2, 0) is 6.18 Å². The highest BCUT2D eigenvalue weighted by Crippen LogP contribution is 2.28. The van der Waals surface area contributed by atoms with Crippen molar-refractivity contribution in [3.8, 4) is 17.1 Å². The molecule has 0 radical (unpaired) electrons. The predicted molar refractivity (Wildman–Crippen MR) is 108 cm³/mol. The van der Waals surface area contributed by atoms with Crippen LogP contribution in [0.3, 0.4) is 0 Å². The van der Waals surface area contributed by atoms with Crippen LogP contribution in [0.15, 0.2) is 65.2 Å². The molecule has 4 rings (SSSR count). The molecule has 1 N–H and O–H groups in total. The van der Waals surface area contributed by atoms with Gasteiger partial charge in [0.2, 0.25) is 5.89 Å². The summed E-state index contributed by atoms with van der Waals surface area (Å²) >= 11 is 0. The second-order valence-electron chi connectivity index (χ2n) is 6.89. The van der Waals surface area contributed by atoms with Gasteiger partial charge in [-0.05, 0) is 62.4 Å². The summed E-state index contributed by atoms with van der Waals surface area (Å²) in [6.07, 6.45) is -3.29. The molecule has 1 amide bonds. The number of rotatable bonds is 4. The third-order valence-corrected chi connectivity index (χ3v) is 4.67. The minimum atomic E-state index is -4.51. The molecule has 0 unspecified atom stereocenters. The van der Waals surface area contributed by atoms with E-state index in [4.69, 9.17) is 4.42 Å². The van der Waals surface area contributed by atoms with Crippen LogP contribution in [0.2, 0.25) is 0 Å². The minimum Gasteiger partial charge on any atom is -0.441 e. The van der Waals surface area contributed by atoms with E-state index >= 15 is 0 Å². The predicted octanol–water partition coefficient (Wildman–Crippen LogP) is 5.42. The molecule has 0 aliphatic rings. The molecule has 0 saturated heterocycles. The van der Waals surface area contributed by atoms with Gasteiger partial charge in [0.15, 0.2) is 5.69 Å². The van der Waals surface area contributed by atoms with Crippen molar-refractivity contribution in [3.05, 3.63) is 83.5 Å². The van der Waals surface area contributed by atoms with Crippen molar-refractivity contribution in [3.63, 3.8) is 0 Å². The van der Waals surface area contributed by atoms with E-state index in [1.165, 1.54) is 30.5 Å². The number of hydrogen-bond donors (Lipinski definition) is 1. The lowest BCUT2D eigenvalue weighted by Gasteiger charge is -2.08. The monoisotopic (exact) mass is 426 g/mol. The molecule has 0 spiro atoms. The van der Waals surface area contributed by atoms with Crippen molar-refractivity contribution in [2.45, 2.75) is 20.0 Å². The molecule has 0 fully saturated rings. The van der Waals surface area contributed by atoms with Crippen molar-refractivity contribution in [2.24, 2.45) is 0 Å². The van der Waals surface area contributed by atoms with Gasteiger partial charge in [0.05, 0.1) is 11.4 Å². The first kappa shape index (κ1) is 20.4. The SMILES string of the molecule is Cc1nc(-c2cccc(NC(=O)c3ccc(-n4ccc(C(F)(F)F)n4)cc3)c2)oc1C. The normalized spacial score (nSPS) is 11.5. The summed E-state index contributed by atoms with van der Waals surface area (Å²) in [5.41, 5.74) is 1.85. The third kappa shape index (κ3) is 4.35. The first-order chi connectivity index (χ1) is 14.7. The Labute approximate surface area is 175 Å². The number of benzene rings is 2. The largest absolute Gasteiger partial charge is 0.441 e. The number of hydrogen-bond acceptors (Lipinski definition) is 4. The van der Waals surface area contributed by atoms with Gasteiger partial charge >= 0.3 is 6.18 Å². The molecule has 2 heterocycles. The van der Waals surface area contributed by atoms with Gasteiger partial charge in [-0.1, -0.05) is 6.07 Å². The Balaban J connectivity index is 1.49. The highest BCUT2D eigenvalue weighted by atomic mass is 19.4. The summed E-state index contributed by atoms with van der Waals surface area (Å²) in [4.78, 5) is 16.9. The number of oxazole rings is 1. The standard InChI is InChI=1S/C22H17F3N4O2/c1-13-14(2)31-21(26-13)16-4-3-5-17(12-16)27-20(30)15-6-8-18(9-7-15)29-11-10-19(28-29)22(23,24)25/h3-12H,1-2H3,(H,27,30). The number of carbonyl (C=O) groups excluding carboxylic acids is 1. The summed E-state index contributed by atoms with van der Waals surface area (Å²) in [6, 6.07) is 14.1. The average molecular weight is 426 g/mol. The van der Waals surface area contributed by atoms with Crippen LogP contribution in [-0.4, -0.2) is 20.7 Å². The third-order valence-electron chi connectivity index (χ3n) is 4.67. The van der Waals surface area contributed by atoms with E-state index < -0.39 is 11.9 Å². The van der Waals surface area contributed by atoms with Crippen LogP contribution in [0.5, 0.6) is 0 Å². The van der Waals surface area contributed by atoms with Crippen LogP contribution in [0.4, 0.5) is 18.9 Å². The van der Waals surface area contributed by atoms with E-state index in [-0.39, 0.29) is 5.91 Å². The van der Waals surface area contributed by atoms with Gasteiger partial charge in [-0.2, -0.15) is 18.3 Å². The maximum Gasteiger partial charge on any atom is 0.435 e. The molecule has 2 aromatic heterocycles. The van der Waals surface area contributed by atoms with E-state index in [9.17, 15) is 18.0 Å². The molecule has 31 heavy (non-hydrogen) atoms. The molecule has 0 bridgehead atoms. The van der Waals surface area contributed by atoms with Gasteiger partial charge in [0, 0.05) is 23.0 Å². The molecule has 6 nitrogen and oxygen atoms in total. The van der Waals surface area contributed by atoms with E-state index in [1.54, 1.807) is 18.2 Å². The van der Waals surface area contributed by atoms with E-state index in [1.807, 2.05) is 19.9 Å². The number of aromatic nitrogens is 3. The number of amides is 1. The average Bonchev–Trinajstić information content (AvgIpc) is 3.36. The van der Waals surface area contributed by atoms with Crippen LogP contribution in [0, 0.1) is 13.8 Å². The lowest BCUT2D eigenvalue weighted by Crippen LogP contribution is -2.12. The fourth-order valence-electron chi connectivity index (χ4n) is 2.91. The van der Waals surface area contributed by atoms with Gasteiger partial charge in [-0.15, -0.1) is 0 Å². The molecule has 2 aromatic carbocycles. The van der Waals surface area contributed by atoms with Crippen molar-refractivity contribution in [2.75, 3.05) is 5.32 Å². The Kier molecular flexibility index (Phi) is 5.10. The van der Waals surface area contributed by atoms with Crippen molar-refractivity contribution >= 4 is 11.6 Å². The van der Waals surface area contributed by atoms with Crippen LogP contribution in [0.25, 0.3) is 17.1 Å². The fourth-order valence-corrected chi connectivity index (χ4v) is 2.91. The zero-order chi connectivity index (χ0) is 22.2. The summed E-state index contributed by atoms with van der Waals surface area (Å²) in [6.45, 7) is 3.68. The highest BCUT2D eigenvalue weighted by molar-refractivity contribution is 6.04. The number of nitrogens with zero attached hydrogens (tertiary/aromatic N) is 3. The molecular formula is C22H17F3N4O2. The van der Waals surface area contributed by atoms with Gasteiger partial charge in [-0.25, -0.2) is 9.67 Å². The maximum atomic E-state index is 12.7. The highest BCUT2D eigenvalue weighted by Gasteiger charge is 2.33. The Hall–Kier alpha value is -3.88. The second-order valence-corrected chi connectivity index (χ2v) is 6.89. The minimum absolute atomic E-state index is 0.347. The van der Waals surface area contributed by atoms with Gasteiger partial charge < -0.3 is 9.73 Å². The first-order valence-electron chi connectivity index (χ1n) is 9.30. The van der Waals surface area contributed by atoms with E-state index in [2.05, 4.69) is 15.4 Å². The van der Waals surface area contributed by atoms with Crippen molar-refractivity contribution < 1.29 is 22.4 Å². The topological polar surface area (TPSA) is 73.0 Å². The van der Waals surface area contributed by atoms with Crippen LogP contribution >= 0.6 is 0 Å². The van der Waals surface area contributed by atoms with E-state index in [0.29, 0.717) is 22.8 Å². The Morgan fingerprint density at radius 2 is 1.81 bits per heavy atom. The van der Waals surface area contributed by atoms with Crippen molar-refractivity contribution in [1.29, 1.82) is 0 Å². The van der Waals surface area contributed by atoms with Gasteiger partial charge in [0.1, 0.15) is 5.76 Å². The maximum absolute atomic E-state index is 12.7. The molecule has 0 aliphatic carbocycles. The van der Waals surface area contributed by atoms with Crippen LogP contribution in [0.1, 0.15) is 27.5 Å². The number of carbonyl (C=O) groups is 1. The number of anilines is 1. The molecule has 158 valence electrons. The number of alkyl halides is 3. The summed E-state index contributed by atoms with van der Waals surface area (Å²) < 4.78 is 44.9.